The summed E-state index contributed by atoms with van der Waals surface area (Å²) >= 11 is 0. The van der Waals surface area contributed by atoms with Gasteiger partial charge in [-0.05, 0) is 38.3 Å². The highest BCUT2D eigenvalue weighted by Gasteiger charge is 2.15. The van der Waals surface area contributed by atoms with Crippen LogP contribution >= 0.6 is 0 Å². The second-order valence-electron chi connectivity index (χ2n) is 15.0. The summed E-state index contributed by atoms with van der Waals surface area (Å²) < 4.78 is 24.4. The molecule has 302 valence electrons. The first-order chi connectivity index (χ1) is 25.7. The summed E-state index contributed by atoms with van der Waals surface area (Å²) in [6.07, 6.45) is 42.0. The van der Waals surface area contributed by atoms with Crippen molar-refractivity contribution in [2.24, 2.45) is 0 Å². The summed E-state index contributed by atoms with van der Waals surface area (Å²) in [4.78, 5) is 12.3. The van der Waals surface area contributed by atoms with E-state index < -0.39 is 0 Å². The van der Waals surface area contributed by atoms with Crippen molar-refractivity contribution in [2.45, 2.75) is 220 Å². The van der Waals surface area contributed by atoms with E-state index in [1.807, 2.05) is 19.1 Å². The van der Waals surface area contributed by atoms with Gasteiger partial charge in [0.15, 0.2) is 11.5 Å². The lowest BCUT2D eigenvalue weighted by atomic mass is 10.1. The maximum atomic E-state index is 12.3. The number of carbonyl (C=O) groups is 1. The fourth-order valence-electron chi connectivity index (χ4n) is 6.73. The smallest absolute Gasteiger partial charge is 0.330 e. The van der Waals surface area contributed by atoms with Gasteiger partial charge in [-0.2, -0.15) is 0 Å². The minimum Gasteiger partial charge on any atom is -0.493 e. The average molecular weight is 729 g/mol. The van der Waals surface area contributed by atoms with Gasteiger partial charge in [-0.15, -0.1) is 0 Å². The Balaban J connectivity index is 2.79. The van der Waals surface area contributed by atoms with Gasteiger partial charge in [0.25, 0.3) is 0 Å². The van der Waals surface area contributed by atoms with Crippen molar-refractivity contribution < 1.29 is 23.7 Å². The molecule has 1 aromatic carbocycles. The third-order valence-electron chi connectivity index (χ3n) is 10.0. The largest absolute Gasteiger partial charge is 0.493 e. The Morgan fingerprint density at radius 2 is 0.827 bits per heavy atom. The highest BCUT2D eigenvalue weighted by Crippen LogP contribution is 2.38. The van der Waals surface area contributed by atoms with E-state index in [4.69, 9.17) is 18.9 Å². The summed E-state index contributed by atoms with van der Waals surface area (Å²) in [5, 5.41) is 0. The molecule has 0 spiro atoms. The molecule has 0 bridgehead atoms. The van der Waals surface area contributed by atoms with E-state index in [1.165, 1.54) is 173 Å². The number of unbranched alkanes of at least 4 members (excludes halogenated alkanes) is 27. The van der Waals surface area contributed by atoms with E-state index in [1.54, 1.807) is 6.08 Å². The van der Waals surface area contributed by atoms with E-state index >= 15 is 0 Å². The fourth-order valence-corrected chi connectivity index (χ4v) is 6.73. The third kappa shape index (κ3) is 28.3. The van der Waals surface area contributed by atoms with Crippen LogP contribution in [0.15, 0.2) is 18.2 Å². The van der Waals surface area contributed by atoms with Crippen LogP contribution in [0.3, 0.4) is 0 Å². The number of benzene rings is 1. The summed E-state index contributed by atoms with van der Waals surface area (Å²) in [7, 11) is 0. The second-order valence-corrected chi connectivity index (χ2v) is 15.0. The van der Waals surface area contributed by atoms with Gasteiger partial charge in [0, 0.05) is 17.7 Å². The minimum atomic E-state index is -0.354. The number of esters is 1. The van der Waals surface area contributed by atoms with Gasteiger partial charge < -0.3 is 18.9 Å². The SMILES string of the molecule is CCCCCCCCCCCCOc1cc(C=CC(=O)OCC)c(OCCCCCCCCCCCC)c(OCCCCCCCCCCCC)c1. The van der Waals surface area contributed by atoms with Gasteiger partial charge in [-0.25, -0.2) is 4.79 Å². The Morgan fingerprint density at radius 1 is 0.462 bits per heavy atom. The topological polar surface area (TPSA) is 54.0 Å². The molecule has 1 rings (SSSR count). The third-order valence-corrected chi connectivity index (χ3v) is 10.0. The molecule has 0 radical (unpaired) electrons. The average Bonchev–Trinajstić information content (AvgIpc) is 3.14. The molecule has 0 N–H and O–H groups in total. The van der Waals surface area contributed by atoms with Crippen LogP contribution in [-0.2, 0) is 9.53 Å². The van der Waals surface area contributed by atoms with Crippen LogP contribution < -0.4 is 14.2 Å². The standard InChI is InChI=1S/C47H84O5/c1-5-9-12-15-18-21-24-27-30-33-38-50-44-41-43(36-37-46(48)49-8-4)47(52-40-35-32-29-26-23-20-17-14-11-7-3)45(42-44)51-39-34-31-28-25-22-19-16-13-10-6-2/h36-37,41-42H,5-35,38-40H2,1-4H3. The molecule has 0 atom stereocenters. The van der Waals surface area contributed by atoms with Crippen LogP contribution in [0.25, 0.3) is 6.08 Å². The molecule has 0 aliphatic heterocycles. The maximum Gasteiger partial charge on any atom is 0.330 e. The van der Waals surface area contributed by atoms with Gasteiger partial charge in [0.1, 0.15) is 5.75 Å². The molecule has 0 amide bonds. The van der Waals surface area contributed by atoms with E-state index in [-0.39, 0.29) is 5.97 Å². The zero-order valence-corrected chi connectivity index (χ0v) is 34.9. The summed E-state index contributed by atoms with van der Waals surface area (Å²) in [6, 6.07) is 4.00. The molecule has 5 heteroatoms. The second kappa shape index (κ2) is 37.2. The van der Waals surface area contributed by atoms with Crippen LogP contribution in [-0.4, -0.2) is 32.4 Å². The van der Waals surface area contributed by atoms with E-state index in [0.717, 1.165) is 37.0 Å². The molecule has 0 unspecified atom stereocenters. The number of ether oxygens (including phenoxy) is 4. The molecule has 52 heavy (non-hydrogen) atoms. The van der Waals surface area contributed by atoms with Crippen LogP contribution in [0.4, 0.5) is 0 Å². The molecule has 1 aromatic rings. The molecular formula is C47H84O5. The molecule has 0 heterocycles. The molecule has 0 saturated carbocycles. The van der Waals surface area contributed by atoms with Gasteiger partial charge >= 0.3 is 5.97 Å². The zero-order valence-electron chi connectivity index (χ0n) is 34.9. The van der Waals surface area contributed by atoms with Crippen LogP contribution in [0, 0.1) is 0 Å². The number of carbonyl (C=O) groups excluding carboxylic acids is 1. The Morgan fingerprint density at radius 3 is 1.23 bits per heavy atom. The first-order valence-electron chi connectivity index (χ1n) is 22.6. The van der Waals surface area contributed by atoms with Crippen molar-refractivity contribution in [1.82, 2.24) is 0 Å². The van der Waals surface area contributed by atoms with E-state index in [9.17, 15) is 4.79 Å². The normalized spacial score (nSPS) is 11.4. The number of hydrogen-bond donors (Lipinski definition) is 0. The Hall–Kier alpha value is -2.17. The molecule has 0 aliphatic rings. The Bertz CT molecular complexity index is 957. The van der Waals surface area contributed by atoms with Crippen molar-refractivity contribution in [1.29, 1.82) is 0 Å². The lowest BCUT2D eigenvalue weighted by Gasteiger charge is -2.18. The first-order valence-corrected chi connectivity index (χ1v) is 22.6. The summed E-state index contributed by atoms with van der Waals surface area (Å²) in [6.45, 7) is 11.0. The highest BCUT2D eigenvalue weighted by atomic mass is 16.5. The molecular weight excluding hydrogens is 645 g/mol. The molecule has 5 nitrogen and oxygen atoms in total. The molecule has 0 aromatic heterocycles. The summed E-state index contributed by atoms with van der Waals surface area (Å²) in [5.74, 6) is 1.83. The predicted octanol–water partition coefficient (Wildman–Crippen LogP) is 15.2. The predicted molar refractivity (Wildman–Crippen MR) is 224 cm³/mol. The highest BCUT2D eigenvalue weighted by molar-refractivity contribution is 5.88. The van der Waals surface area contributed by atoms with Gasteiger partial charge in [0.05, 0.1) is 26.4 Å². The quantitative estimate of drug-likeness (QED) is 0.0384. The van der Waals surface area contributed by atoms with Gasteiger partial charge in [-0.1, -0.05) is 194 Å². The zero-order chi connectivity index (χ0) is 37.6. The van der Waals surface area contributed by atoms with Crippen molar-refractivity contribution >= 4 is 12.0 Å². The Labute approximate surface area is 322 Å². The monoisotopic (exact) mass is 729 g/mol. The van der Waals surface area contributed by atoms with E-state index in [2.05, 4.69) is 20.8 Å². The maximum absolute atomic E-state index is 12.3. The lowest BCUT2D eigenvalue weighted by molar-refractivity contribution is -0.137. The van der Waals surface area contributed by atoms with Gasteiger partial charge in [0.2, 0.25) is 0 Å². The number of rotatable bonds is 39. The van der Waals surface area contributed by atoms with Crippen molar-refractivity contribution in [2.75, 3.05) is 26.4 Å². The first kappa shape index (κ1) is 47.9. The molecule has 0 saturated heterocycles. The molecule has 0 fully saturated rings. The van der Waals surface area contributed by atoms with Crippen molar-refractivity contribution in [3.8, 4) is 17.2 Å². The lowest BCUT2D eigenvalue weighted by Crippen LogP contribution is -2.06. The van der Waals surface area contributed by atoms with Crippen LogP contribution in [0.1, 0.15) is 226 Å². The van der Waals surface area contributed by atoms with Crippen LogP contribution in [0.5, 0.6) is 17.2 Å². The van der Waals surface area contributed by atoms with Crippen molar-refractivity contribution in [3.63, 3.8) is 0 Å². The minimum absolute atomic E-state index is 0.348. The van der Waals surface area contributed by atoms with Crippen LogP contribution in [0.2, 0.25) is 0 Å². The summed E-state index contributed by atoms with van der Waals surface area (Å²) in [5.41, 5.74) is 0.804. The fraction of sp³-hybridized carbons (Fsp3) is 0.809. The van der Waals surface area contributed by atoms with E-state index in [0.29, 0.717) is 37.9 Å². The molecule has 0 aliphatic carbocycles. The Kier molecular flexibility index (Phi) is 34.2. The van der Waals surface area contributed by atoms with Crippen molar-refractivity contribution in [3.05, 3.63) is 23.8 Å². The van der Waals surface area contributed by atoms with Gasteiger partial charge in [-0.3, -0.25) is 0 Å². The number of hydrogen-bond acceptors (Lipinski definition) is 5.